The van der Waals surface area contributed by atoms with Gasteiger partial charge in [0.15, 0.2) is 0 Å². The predicted octanol–water partition coefficient (Wildman–Crippen LogP) is 3.31. The molecule has 2 heterocycles. The Bertz CT molecular complexity index is 917. The van der Waals surface area contributed by atoms with Crippen LogP contribution >= 0.6 is 0 Å². The van der Waals surface area contributed by atoms with E-state index in [1.54, 1.807) is 12.7 Å². The molecule has 1 amide bonds. The maximum Gasteiger partial charge on any atom is 0.254 e. The van der Waals surface area contributed by atoms with Gasteiger partial charge in [-0.25, -0.2) is 0 Å². The van der Waals surface area contributed by atoms with E-state index in [0.29, 0.717) is 5.56 Å². The summed E-state index contributed by atoms with van der Waals surface area (Å²) < 4.78 is 1.82. The summed E-state index contributed by atoms with van der Waals surface area (Å²) in [6, 6.07) is 16.5. The third kappa shape index (κ3) is 3.82. The van der Waals surface area contributed by atoms with Gasteiger partial charge in [-0.1, -0.05) is 24.3 Å². The summed E-state index contributed by atoms with van der Waals surface area (Å²) in [7, 11) is 4.14. The maximum atomic E-state index is 13.1. The van der Waals surface area contributed by atoms with E-state index in [-0.39, 0.29) is 11.9 Å². The smallest absolute Gasteiger partial charge is 0.254 e. The molecule has 1 atom stereocenters. The van der Waals surface area contributed by atoms with Gasteiger partial charge >= 0.3 is 0 Å². The predicted molar refractivity (Wildman–Crippen MR) is 108 cm³/mol. The molecule has 1 aliphatic heterocycles. The molecule has 1 fully saturated rings. The first-order chi connectivity index (χ1) is 13.6. The zero-order valence-corrected chi connectivity index (χ0v) is 16.3. The standard InChI is InChI=1S/C22H25N5O/c1-25(2)14-17-5-7-18(8-6-17)21-4-3-13-27(21)22(28)19-9-11-20(12-10-19)26-15-23-24-16-26/h5-12,15-16,21H,3-4,13-14H2,1-2H3. The van der Waals surface area contributed by atoms with Crippen LogP contribution in [0.25, 0.3) is 5.69 Å². The highest BCUT2D eigenvalue weighted by molar-refractivity contribution is 5.94. The highest BCUT2D eigenvalue weighted by atomic mass is 16.2. The molecule has 0 saturated carbocycles. The average Bonchev–Trinajstić information content (AvgIpc) is 3.40. The van der Waals surface area contributed by atoms with Crippen LogP contribution in [0.4, 0.5) is 0 Å². The van der Waals surface area contributed by atoms with Crippen molar-refractivity contribution in [3.63, 3.8) is 0 Å². The number of aromatic nitrogens is 3. The molecule has 144 valence electrons. The van der Waals surface area contributed by atoms with Crippen LogP contribution in [-0.4, -0.2) is 51.1 Å². The molecular weight excluding hydrogens is 350 g/mol. The minimum absolute atomic E-state index is 0.0928. The summed E-state index contributed by atoms with van der Waals surface area (Å²) in [6.07, 6.45) is 5.34. The van der Waals surface area contributed by atoms with Crippen LogP contribution in [-0.2, 0) is 6.54 Å². The first kappa shape index (κ1) is 18.4. The highest BCUT2D eigenvalue weighted by Crippen LogP contribution is 2.33. The average molecular weight is 375 g/mol. The molecule has 0 radical (unpaired) electrons. The van der Waals surface area contributed by atoms with Gasteiger partial charge in [-0.2, -0.15) is 0 Å². The van der Waals surface area contributed by atoms with E-state index in [1.165, 1.54) is 11.1 Å². The summed E-state index contributed by atoms with van der Waals surface area (Å²) in [4.78, 5) is 17.3. The third-order valence-corrected chi connectivity index (χ3v) is 5.21. The zero-order valence-electron chi connectivity index (χ0n) is 16.3. The lowest BCUT2D eigenvalue weighted by atomic mass is 10.0. The molecule has 3 aromatic rings. The summed E-state index contributed by atoms with van der Waals surface area (Å²) in [5, 5.41) is 7.64. The fourth-order valence-electron chi connectivity index (χ4n) is 3.84. The van der Waals surface area contributed by atoms with Crippen molar-refractivity contribution in [3.8, 4) is 5.69 Å². The van der Waals surface area contributed by atoms with Crippen molar-refractivity contribution in [3.05, 3.63) is 77.9 Å². The lowest BCUT2D eigenvalue weighted by molar-refractivity contribution is 0.0735. The van der Waals surface area contributed by atoms with Crippen molar-refractivity contribution in [1.29, 1.82) is 0 Å². The summed E-state index contributed by atoms with van der Waals surface area (Å²) in [5.74, 6) is 0.0928. The largest absolute Gasteiger partial charge is 0.332 e. The second-order valence-corrected chi connectivity index (χ2v) is 7.55. The Balaban J connectivity index is 1.50. The molecule has 0 N–H and O–H groups in total. The minimum atomic E-state index is 0.0928. The second-order valence-electron chi connectivity index (χ2n) is 7.55. The lowest BCUT2D eigenvalue weighted by Crippen LogP contribution is -2.30. The molecule has 2 aromatic carbocycles. The van der Waals surface area contributed by atoms with E-state index in [0.717, 1.165) is 31.6 Å². The van der Waals surface area contributed by atoms with Gasteiger partial charge in [-0.05, 0) is 62.3 Å². The second kappa shape index (κ2) is 7.94. The van der Waals surface area contributed by atoms with E-state index in [1.807, 2.05) is 33.7 Å². The fourth-order valence-corrected chi connectivity index (χ4v) is 3.84. The van der Waals surface area contributed by atoms with Crippen LogP contribution in [0.1, 0.15) is 40.4 Å². The zero-order chi connectivity index (χ0) is 19.5. The van der Waals surface area contributed by atoms with E-state index in [9.17, 15) is 4.79 Å². The minimum Gasteiger partial charge on any atom is -0.332 e. The number of rotatable bonds is 5. The molecule has 0 bridgehead atoms. The van der Waals surface area contributed by atoms with E-state index >= 15 is 0 Å². The Morgan fingerprint density at radius 2 is 1.71 bits per heavy atom. The van der Waals surface area contributed by atoms with Gasteiger partial charge in [0, 0.05) is 24.3 Å². The number of carbonyl (C=O) groups excluding carboxylic acids is 1. The van der Waals surface area contributed by atoms with Crippen molar-refractivity contribution in [2.24, 2.45) is 0 Å². The number of nitrogens with zero attached hydrogens (tertiary/aromatic N) is 5. The van der Waals surface area contributed by atoms with Crippen molar-refractivity contribution in [2.75, 3.05) is 20.6 Å². The van der Waals surface area contributed by atoms with Crippen LogP contribution in [0.15, 0.2) is 61.2 Å². The molecule has 28 heavy (non-hydrogen) atoms. The van der Waals surface area contributed by atoms with Crippen molar-refractivity contribution in [2.45, 2.75) is 25.4 Å². The number of likely N-dealkylation sites (tertiary alicyclic amines) is 1. The van der Waals surface area contributed by atoms with Gasteiger partial charge in [0.25, 0.3) is 5.91 Å². The fraction of sp³-hybridized carbons (Fsp3) is 0.318. The third-order valence-electron chi connectivity index (χ3n) is 5.21. The number of hydrogen-bond donors (Lipinski definition) is 0. The highest BCUT2D eigenvalue weighted by Gasteiger charge is 2.30. The molecule has 1 unspecified atom stereocenters. The van der Waals surface area contributed by atoms with Gasteiger partial charge in [0.2, 0.25) is 0 Å². The Labute approximate surface area is 165 Å². The molecule has 0 spiro atoms. The molecule has 6 heteroatoms. The topological polar surface area (TPSA) is 54.3 Å². The van der Waals surface area contributed by atoms with E-state index in [4.69, 9.17) is 0 Å². The maximum absolute atomic E-state index is 13.1. The van der Waals surface area contributed by atoms with Gasteiger partial charge in [-0.3, -0.25) is 9.36 Å². The summed E-state index contributed by atoms with van der Waals surface area (Å²) >= 11 is 0. The van der Waals surface area contributed by atoms with Crippen LogP contribution in [0.5, 0.6) is 0 Å². The molecule has 1 aromatic heterocycles. The van der Waals surface area contributed by atoms with Crippen LogP contribution in [0.2, 0.25) is 0 Å². The van der Waals surface area contributed by atoms with Gasteiger partial charge in [0.1, 0.15) is 12.7 Å². The quantitative estimate of drug-likeness (QED) is 0.687. The number of benzene rings is 2. The van der Waals surface area contributed by atoms with Gasteiger partial charge in [-0.15, -0.1) is 10.2 Å². The monoisotopic (exact) mass is 375 g/mol. The van der Waals surface area contributed by atoms with Crippen LogP contribution in [0, 0.1) is 0 Å². The molecule has 1 saturated heterocycles. The van der Waals surface area contributed by atoms with E-state index < -0.39 is 0 Å². The van der Waals surface area contributed by atoms with Gasteiger partial charge in [0.05, 0.1) is 6.04 Å². The lowest BCUT2D eigenvalue weighted by Gasteiger charge is -2.25. The Hall–Kier alpha value is -2.99. The van der Waals surface area contributed by atoms with E-state index in [2.05, 4.69) is 53.5 Å². The Morgan fingerprint density at radius 1 is 1.04 bits per heavy atom. The van der Waals surface area contributed by atoms with Gasteiger partial charge < -0.3 is 9.80 Å². The summed E-state index contributed by atoms with van der Waals surface area (Å²) in [5.41, 5.74) is 4.16. The number of hydrogen-bond acceptors (Lipinski definition) is 4. The molecule has 4 rings (SSSR count). The molecule has 0 aliphatic carbocycles. The first-order valence-corrected chi connectivity index (χ1v) is 9.61. The first-order valence-electron chi connectivity index (χ1n) is 9.61. The normalized spacial score (nSPS) is 16.7. The van der Waals surface area contributed by atoms with Crippen LogP contribution in [0.3, 0.4) is 0 Å². The molecule has 1 aliphatic rings. The molecule has 6 nitrogen and oxygen atoms in total. The summed E-state index contributed by atoms with van der Waals surface area (Å²) in [6.45, 7) is 1.72. The Kier molecular flexibility index (Phi) is 5.21. The van der Waals surface area contributed by atoms with Crippen molar-refractivity contribution in [1.82, 2.24) is 24.6 Å². The SMILES string of the molecule is CN(C)Cc1ccc(C2CCCN2C(=O)c2ccc(-n3cnnc3)cc2)cc1. The Morgan fingerprint density at radius 3 is 2.36 bits per heavy atom. The van der Waals surface area contributed by atoms with Crippen LogP contribution < -0.4 is 0 Å². The number of amides is 1. The molecular formula is C22H25N5O. The number of carbonyl (C=O) groups is 1. The van der Waals surface area contributed by atoms with Crippen molar-refractivity contribution < 1.29 is 4.79 Å². The van der Waals surface area contributed by atoms with Crippen molar-refractivity contribution >= 4 is 5.91 Å².